The van der Waals surface area contributed by atoms with Gasteiger partial charge >= 0.3 is 0 Å². The molecule has 0 unspecified atom stereocenters. The zero-order valence-corrected chi connectivity index (χ0v) is 16.8. The van der Waals surface area contributed by atoms with Gasteiger partial charge in [0.15, 0.2) is 5.58 Å². The third-order valence-corrected chi connectivity index (χ3v) is 4.92. The van der Waals surface area contributed by atoms with Crippen LogP contribution >= 0.6 is 15.9 Å². The zero-order chi connectivity index (χ0) is 20.5. The van der Waals surface area contributed by atoms with Crippen LogP contribution in [0.25, 0.3) is 22.6 Å². The summed E-state index contributed by atoms with van der Waals surface area (Å²) in [6, 6.07) is 15.6. The standard InChI is InChI=1S/C21H14BrN3O4/c1-12-2-4-13(5-3-12)21-24-18-9-15(6-7-19(18)29-21)23-11-14-8-16(25(27)28)10-17(22)20(14)26/h2-11,26H,1H3. The fourth-order valence-corrected chi connectivity index (χ4v) is 3.23. The molecule has 4 rings (SSSR count). The van der Waals surface area contributed by atoms with E-state index in [-0.39, 0.29) is 21.5 Å². The maximum Gasteiger partial charge on any atom is 0.271 e. The number of halogens is 1. The van der Waals surface area contributed by atoms with Crippen molar-refractivity contribution in [1.82, 2.24) is 4.98 Å². The van der Waals surface area contributed by atoms with Gasteiger partial charge in [-0.05, 0) is 53.2 Å². The number of aliphatic imine (C=N–C) groups is 1. The fourth-order valence-electron chi connectivity index (χ4n) is 2.77. The molecule has 0 aliphatic heterocycles. The van der Waals surface area contributed by atoms with Gasteiger partial charge in [-0.1, -0.05) is 17.7 Å². The number of phenols is 1. The Bertz CT molecular complexity index is 1260. The van der Waals surface area contributed by atoms with Crippen LogP contribution in [0.2, 0.25) is 0 Å². The maximum absolute atomic E-state index is 11.0. The molecule has 0 fully saturated rings. The van der Waals surface area contributed by atoms with E-state index >= 15 is 0 Å². The van der Waals surface area contributed by atoms with Crippen molar-refractivity contribution in [2.45, 2.75) is 6.92 Å². The first-order valence-electron chi connectivity index (χ1n) is 8.59. The van der Waals surface area contributed by atoms with E-state index in [1.165, 1.54) is 18.3 Å². The number of nitro benzene ring substituents is 1. The molecule has 0 atom stereocenters. The van der Waals surface area contributed by atoms with E-state index < -0.39 is 4.92 Å². The van der Waals surface area contributed by atoms with Gasteiger partial charge in [-0.15, -0.1) is 0 Å². The molecule has 0 spiro atoms. The molecular formula is C21H14BrN3O4. The lowest BCUT2D eigenvalue weighted by Crippen LogP contribution is -1.91. The van der Waals surface area contributed by atoms with E-state index in [2.05, 4.69) is 25.9 Å². The van der Waals surface area contributed by atoms with E-state index in [9.17, 15) is 15.2 Å². The van der Waals surface area contributed by atoms with Gasteiger partial charge in [-0.25, -0.2) is 4.98 Å². The lowest BCUT2D eigenvalue weighted by molar-refractivity contribution is -0.385. The molecule has 0 radical (unpaired) electrons. The number of hydrogen-bond donors (Lipinski definition) is 1. The van der Waals surface area contributed by atoms with Crippen LogP contribution in [0.1, 0.15) is 11.1 Å². The van der Waals surface area contributed by atoms with Crippen molar-refractivity contribution in [3.63, 3.8) is 0 Å². The molecule has 0 aliphatic rings. The number of aryl methyl sites for hydroxylation is 1. The van der Waals surface area contributed by atoms with Gasteiger partial charge < -0.3 is 9.52 Å². The van der Waals surface area contributed by atoms with Crippen LogP contribution in [-0.2, 0) is 0 Å². The Labute approximate surface area is 173 Å². The Kier molecular flexibility index (Phi) is 4.85. The number of nitro groups is 1. The molecule has 8 heteroatoms. The van der Waals surface area contributed by atoms with Gasteiger partial charge in [0.05, 0.1) is 15.1 Å². The van der Waals surface area contributed by atoms with Gasteiger partial charge in [-0.2, -0.15) is 0 Å². The predicted molar refractivity (Wildman–Crippen MR) is 114 cm³/mol. The number of phenolic OH excluding ortho intramolecular Hbond substituents is 1. The molecule has 0 saturated carbocycles. The normalized spacial score (nSPS) is 11.4. The third kappa shape index (κ3) is 3.88. The predicted octanol–water partition coefficient (Wildman–Crippen LogP) is 5.93. The van der Waals surface area contributed by atoms with Crippen molar-refractivity contribution in [2.75, 3.05) is 0 Å². The number of nitrogens with zero attached hydrogens (tertiary/aromatic N) is 3. The van der Waals surface area contributed by atoms with Crippen molar-refractivity contribution in [3.05, 3.63) is 80.3 Å². The number of oxazole rings is 1. The van der Waals surface area contributed by atoms with Gasteiger partial charge in [-0.3, -0.25) is 15.1 Å². The number of hydrogen-bond acceptors (Lipinski definition) is 6. The van der Waals surface area contributed by atoms with E-state index in [0.717, 1.165) is 11.1 Å². The summed E-state index contributed by atoms with van der Waals surface area (Å²) in [5, 5.41) is 21.1. The number of non-ortho nitro benzene ring substituents is 1. The lowest BCUT2D eigenvalue weighted by atomic mass is 10.1. The maximum atomic E-state index is 11.0. The molecular weight excluding hydrogens is 438 g/mol. The summed E-state index contributed by atoms with van der Waals surface area (Å²) in [6.07, 6.45) is 1.37. The van der Waals surface area contributed by atoms with Crippen LogP contribution in [0, 0.1) is 17.0 Å². The average molecular weight is 452 g/mol. The molecule has 29 heavy (non-hydrogen) atoms. The second kappa shape index (κ2) is 7.48. The van der Waals surface area contributed by atoms with Crippen LogP contribution in [0.15, 0.2) is 68.5 Å². The van der Waals surface area contributed by atoms with Gasteiger partial charge in [0.1, 0.15) is 11.3 Å². The van der Waals surface area contributed by atoms with Crippen molar-refractivity contribution in [2.24, 2.45) is 4.99 Å². The number of aromatic nitrogens is 1. The molecule has 0 amide bonds. The minimum Gasteiger partial charge on any atom is -0.506 e. The van der Waals surface area contributed by atoms with Crippen LogP contribution in [-0.4, -0.2) is 21.2 Å². The highest BCUT2D eigenvalue weighted by Crippen LogP contribution is 2.32. The van der Waals surface area contributed by atoms with Crippen molar-refractivity contribution in [3.8, 4) is 17.2 Å². The second-order valence-corrected chi connectivity index (χ2v) is 7.27. The average Bonchev–Trinajstić information content (AvgIpc) is 3.12. The van der Waals surface area contributed by atoms with E-state index in [0.29, 0.717) is 22.7 Å². The van der Waals surface area contributed by atoms with Crippen molar-refractivity contribution < 1.29 is 14.4 Å². The summed E-state index contributed by atoms with van der Waals surface area (Å²) < 4.78 is 6.03. The van der Waals surface area contributed by atoms with E-state index in [1.54, 1.807) is 18.2 Å². The first-order chi connectivity index (χ1) is 13.9. The Morgan fingerprint density at radius 3 is 2.66 bits per heavy atom. The molecule has 0 bridgehead atoms. The van der Waals surface area contributed by atoms with E-state index in [1.807, 2.05) is 31.2 Å². The molecule has 1 aromatic heterocycles. The monoisotopic (exact) mass is 451 g/mol. The SMILES string of the molecule is Cc1ccc(-c2nc3cc(N=Cc4cc([N+](=O)[O-])cc(Br)c4O)ccc3o2)cc1. The molecule has 3 aromatic carbocycles. The zero-order valence-electron chi connectivity index (χ0n) is 15.2. The van der Waals surface area contributed by atoms with Gasteiger partial charge in [0, 0.05) is 29.5 Å². The Hall–Kier alpha value is -3.52. The van der Waals surface area contributed by atoms with Crippen molar-refractivity contribution in [1.29, 1.82) is 0 Å². The first-order valence-corrected chi connectivity index (χ1v) is 9.38. The van der Waals surface area contributed by atoms with Gasteiger partial charge in [0.2, 0.25) is 5.89 Å². The summed E-state index contributed by atoms with van der Waals surface area (Å²) in [4.78, 5) is 19.3. The number of fused-ring (bicyclic) bond motifs is 1. The lowest BCUT2D eigenvalue weighted by Gasteiger charge is -2.02. The summed E-state index contributed by atoms with van der Waals surface area (Å²) >= 11 is 3.11. The van der Waals surface area contributed by atoms with Crippen LogP contribution in [0.5, 0.6) is 5.75 Å². The minimum atomic E-state index is -0.532. The molecule has 1 N–H and O–H groups in total. The molecule has 0 aliphatic carbocycles. The number of rotatable bonds is 4. The highest BCUT2D eigenvalue weighted by Gasteiger charge is 2.14. The molecule has 1 heterocycles. The number of benzene rings is 3. The largest absolute Gasteiger partial charge is 0.506 e. The van der Waals surface area contributed by atoms with Crippen LogP contribution in [0.3, 0.4) is 0 Å². The number of aromatic hydroxyl groups is 1. The quantitative estimate of drug-likeness (QED) is 0.235. The second-order valence-electron chi connectivity index (χ2n) is 6.42. The van der Waals surface area contributed by atoms with Gasteiger partial charge in [0.25, 0.3) is 5.69 Å². The minimum absolute atomic E-state index is 0.122. The molecule has 7 nitrogen and oxygen atoms in total. The fraction of sp³-hybridized carbons (Fsp3) is 0.0476. The van der Waals surface area contributed by atoms with Crippen molar-refractivity contribution >= 4 is 44.6 Å². The molecule has 4 aromatic rings. The Morgan fingerprint density at radius 1 is 1.17 bits per heavy atom. The highest BCUT2D eigenvalue weighted by atomic mass is 79.9. The summed E-state index contributed by atoms with van der Waals surface area (Å²) in [7, 11) is 0. The topological polar surface area (TPSA) is 102 Å². The Balaban J connectivity index is 1.67. The summed E-state index contributed by atoms with van der Waals surface area (Å²) in [5.74, 6) is 0.393. The van der Waals surface area contributed by atoms with Crippen LogP contribution in [0.4, 0.5) is 11.4 Å². The Morgan fingerprint density at radius 2 is 1.93 bits per heavy atom. The molecule has 144 valence electrons. The summed E-state index contributed by atoms with van der Waals surface area (Å²) in [6.45, 7) is 2.01. The smallest absolute Gasteiger partial charge is 0.271 e. The first kappa shape index (κ1) is 18.8. The summed E-state index contributed by atoms with van der Waals surface area (Å²) in [5.41, 5.74) is 3.95. The molecule has 0 saturated heterocycles. The third-order valence-electron chi connectivity index (χ3n) is 4.31. The van der Waals surface area contributed by atoms with Crippen LogP contribution < -0.4 is 0 Å². The van der Waals surface area contributed by atoms with E-state index in [4.69, 9.17) is 4.42 Å². The highest BCUT2D eigenvalue weighted by molar-refractivity contribution is 9.10.